The molecular weight excluding hydrogens is 513 g/mol. The fraction of sp³-hybridized carbons (Fsp3) is 0.406. The topological polar surface area (TPSA) is 39.5 Å². The summed E-state index contributed by atoms with van der Waals surface area (Å²) in [5, 5.41) is 0.387. The molecule has 4 aromatic rings. The average molecular weight is 548 g/mol. The maximum absolute atomic E-state index is 14.5. The molecule has 2 atom stereocenters. The zero-order chi connectivity index (χ0) is 26.9. The van der Waals surface area contributed by atoms with E-state index < -0.39 is 6.10 Å². The van der Waals surface area contributed by atoms with Gasteiger partial charge in [-0.2, -0.15) is 0 Å². The Morgan fingerprint density at radius 1 is 1.08 bits per heavy atom. The Balaban J connectivity index is 1.14. The third-order valence-corrected chi connectivity index (χ3v) is 8.41. The second-order valence-electron chi connectivity index (χ2n) is 10.9. The van der Waals surface area contributed by atoms with Gasteiger partial charge in [-0.1, -0.05) is 41.9 Å². The van der Waals surface area contributed by atoms with Crippen molar-refractivity contribution in [1.29, 1.82) is 0 Å². The summed E-state index contributed by atoms with van der Waals surface area (Å²) < 4.78 is 29.0. The first-order valence-electron chi connectivity index (χ1n) is 13.9. The zero-order valence-corrected chi connectivity index (χ0v) is 23.3. The molecule has 0 saturated carbocycles. The lowest BCUT2D eigenvalue weighted by Crippen LogP contribution is -2.35. The van der Waals surface area contributed by atoms with Crippen molar-refractivity contribution < 1.29 is 13.9 Å². The Kier molecular flexibility index (Phi) is 7.61. The van der Waals surface area contributed by atoms with Gasteiger partial charge in [0.1, 0.15) is 23.5 Å². The van der Waals surface area contributed by atoms with Crippen LogP contribution in [0.3, 0.4) is 0 Å². The Bertz CT molecular complexity index is 1460. The number of hydrogen-bond donors (Lipinski definition) is 0. The lowest BCUT2D eigenvalue weighted by atomic mass is 9.88. The summed E-state index contributed by atoms with van der Waals surface area (Å²) >= 11 is 5.94. The molecule has 1 aromatic heterocycles. The second kappa shape index (κ2) is 11.3. The Morgan fingerprint density at radius 3 is 2.62 bits per heavy atom. The molecule has 2 aliphatic heterocycles. The van der Waals surface area contributed by atoms with Gasteiger partial charge in [0.15, 0.2) is 0 Å². The van der Waals surface area contributed by atoms with Crippen molar-refractivity contribution in [1.82, 2.24) is 14.5 Å². The van der Waals surface area contributed by atoms with E-state index in [1.54, 1.807) is 12.1 Å². The smallest absolute Gasteiger partial charge is 0.131 e. The number of para-hydroxylation sites is 1. The van der Waals surface area contributed by atoms with Gasteiger partial charge in [0, 0.05) is 17.2 Å². The first-order valence-corrected chi connectivity index (χ1v) is 14.3. The fourth-order valence-corrected chi connectivity index (χ4v) is 6.01. The molecule has 0 radical (unpaired) electrons. The SMILES string of the molecule is Cc1ccc2nc(CN3CCC(c4ccccc4OC(C)c4ccc(Cl)cc4F)CC3)n(C[C@@H]3CCO3)c2c1. The monoisotopic (exact) mass is 547 g/mol. The van der Waals surface area contributed by atoms with Crippen LogP contribution in [0.1, 0.15) is 60.7 Å². The molecule has 0 amide bonds. The van der Waals surface area contributed by atoms with Crippen LogP contribution >= 0.6 is 11.6 Å². The minimum absolute atomic E-state index is 0.285. The van der Waals surface area contributed by atoms with Crippen molar-refractivity contribution in [3.05, 3.63) is 94.0 Å². The standard InChI is InChI=1S/C32H35ClFN3O2/c1-21-7-10-29-30(17-21)37(19-25-13-16-38-25)32(35-29)20-36-14-11-23(12-15-36)27-5-3-4-6-31(27)39-22(2)26-9-8-24(33)18-28(26)34/h3-10,17-18,22-23,25H,11-16,19-20H2,1-2H3/t22?,25-/m0/s1. The van der Waals surface area contributed by atoms with E-state index in [9.17, 15) is 4.39 Å². The highest BCUT2D eigenvalue weighted by atomic mass is 35.5. The van der Waals surface area contributed by atoms with E-state index in [0.29, 0.717) is 16.5 Å². The number of nitrogens with zero attached hydrogens (tertiary/aromatic N) is 3. The van der Waals surface area contributed by atoms with E-state index in [1.807, 2.05) is 19.1 Å². The van der Waals surface area contributed by atoms with Crippen LogP contribution in [-0.4, -0.2) is 40.3 Å². The molecule has 1 unspecified atom stereocenters. The Morgan fingerprint density at radius 2 is 1.87 bits per heavy atom. The summed E-state index contributed by atoms with van der Waals surface area (Å²) in [6, 6.07) is 19.5. The number of halogens is 2. The van der Waals surface area contributed by atoms with Gasteiger partial charge in [-0.3, -0.25) is 4.90 Å². The molecule has 3 aromatic carbocycles. The van der Waals surface area contributed by atoms with Gasteiger partial charge in [-0.05, 0) is 93.6 Å². The molecule has 0 spiro atoms. The summed E-state index contributed by atoms with van der Waals surface area (Å²) in [4.78, 5) is 7.54. The van der Waals surface area contributed by atoms with Gasteiger partial charge < -0.3 is 14.0 Å². The van der Waals surface area contributed by atoms with Crippen molar-refractivity contribution in [2.45, 2.75) is 64.3 Å². The molecule has 3 heterocycles. The number of fused-ring (bicyclic) bond motifs is 1. The highest BCUT2D eigenvalue weighted by Gasteiger charge is 2.27. The number of piperidine rings is 1. The summed E-state index contributed by atoms with van der Waals surface area (Å²) in [5.74, 6) is 2.00. The molecule has 7 heteroatoms. The first kappa shape index (κ1) is 26.3. The molecule has 204 valence electrons. The third-order valence-electron chi connectivity index (χ3n) is 8.18. The van der Waals surface area contributed by atoms with Crippen molar-refractivity contribution in [2.75, 3.05) is 19.7 Å². The maximum Gasteiger partial charge on any atom is 0.131 e. The van der Waals surface area contributed by atoms with Crippen molar-refractivity contribution >= 4 is 22.6 Å². The van der Waals surface area contributed by atoms with Gasteiger partial charge in [-0.15, -0.1) is 0 Å². The van der Waals surface area contributed by atoms with E-state index in [2.05, 4.69) is 46.7 Å². The van der Waals surface area contributed by atoms with Crippen LogP contribution in [0, 0.1) is 12.7 Å². The Hall–Kier alpha value is -2.93. The number of aromatic nitrogens is 2. The Labute approximate surface area is 234 Å². The van der Waals surface area contributed by atoms with Crippen molar-refractivity contribution in [2.24, 2.45) is 0 Å². The molecule has 0 aliphatic carbocycles. The van der Waals surface area contributed by atoms with Gasteiger partial charge in [-0.25, -0.2) is 9.37 Å². The molecule has 0 bridgehead atoms. The van der Waals surface area contributed by atoms with Crippen molar-refractivity contribution in [3.63, 3.8) is 0 Å². The lowest BCUT2D eigenvalue weighted by Gasteiger charge is -2.33. The van der Waals surface area contributed by atoms with Gasteiger partial charge in [0.25, 0.3) is 0 Å². The minimum Gasteiger partial charge on any atom is -0.486 e. The maximum atomic E-state index is 14.5. The quantitative estimate of drug-likeness (QED) is 0.230. The molecular formula is C32H35ClFN3O2. The second-order valence-corrected chi connectivity index (χ2v) is 11.4. The number of hydrogen-bond acceptors (Lipinski definition) is 4. The van der Waals surface area contributed by atoms with Crippen LogP contribution in [-0.2, 0) is 17.8 Å². The summed E-state index contributed by atoms with van der Waals surface area (Å²) in [6.45, 7) is 8.55. The molecule has 6 rings (SSSR count). The van der Waals surface area contributed by atoms with Crippen LogP contribution in [0.5, 0.6) is 5.75 Å². The minimum atomic E-state index is -0.417. The molecule has 39 heavy (non-hydrogen) atoms. The number of ether oxygens (including phenoxy) is 2. The van der Waals surface area contributed by atoms with Crippen LogP contribution in [0.2, 0.25) is 5.02 Å². The number of imidazole rings is 1. The summed E-state index contributed by atoms with van der Waals surface area (Å²) in [5.41, 5.74) is 5.21. The van der Waals surface area contributed by atoms with Crippen molar-refractivity contribution in [3.8, 4) is 5.75 Å². The molecule has 2 saturated heterocycles. The summed E-state index contributed by atoms with van der Waals surface area (Å²) in [7, 11) is 0. The molecule has 5 nitrogen and oxygen atoms in total. The van der Waals surface area contributed by atoms with Crippen LogP contribution in [0.4, 0.5) is 4.39 Å². The van der Waals surface area contributed by atoms with E-state index in [1.165, 1.54) is 22.7 Å². The fourth-order valence-electron chi connectivity index (χ4n) is 5.85. The number of benzene rings is 3. The highest BCUT2D eigenvalue weighted by molar-refractivity contribution is 6.30. The number of aryl methyl sites for hydroxylation is 1. The summed E-state index contributed by atoms with van der Waals surface area (Å²) in [6.07, 6.45) is 3.05. The predicted molar refractivity (Wildman–Crippen MR) is 153 cm³/mol. The van der Waals surface area contributed by atoms with Gasteiger partial charge in [0.2, 0.25) is 0 Å². The molecule has 2 aliphatic rings. The normalized spacial score (nSPS) is 19.2. The van der Waals surface area contributed by atoms with Crippen LogP contribution < -0.4 is 4.74 Å². The number of rotatable bonds is 8. The number of likely N-dealkylation sites (tertiary alicyclic amines) is 1. The predicted octanol–water partition coefficient (Wildman–Crippen LogP) is 7.45. The van der Waals surface area contributed by atoms with Crippen LogP contribution in [0.25, 0.3) is 11.0 Å². The van der Waals surface area contributed by atoms with E-state index >= 15 is 0 Å². The van der Waals surface area contributed by atoms with Gasteiger partial charge >= 0.3 is 0 Å². The highest BCUT2D eigenvalue weighted by Crippen LogP contribution is 2.37. The van der Waals surface area contributed by atoms with E-state index in [0.717, 1.165) is 69.1 Å². The van der Waals surface area contributed by atoms with Gasteiger partial charge in [0.05, 0.1) is 30.2 Å². The largest absolute Gasteiger partial charge is 0.486 e. The molecule has 0 N–H and O–H groups in total. The third kappa shape index (κ3) is 5.69. The van der Waals surface area contributed by atoms with E-state index in [-0.39, 0.29) is 11.9 Å². The molecule has 2 fully saturated rings. The average Bonchev–Trinajstić information content (AvgIpc) is 3.22. The lowest BCUT2D eigenvalue weighted by molar-refractivity contribution is -0.0592. The van der Waals surface area contributed by atoms with E-state index in [4.69, 9.17) is 26.1 Å². The van der Waals surface area contributed by atoms with Crippen LogP contribution in [0.15, 0.2) is 60.7 Å². The first-order chi connectivity index (χ1) is 18.9. The zero-order valence-electron chi connectivity index (χ0n) is 22.6.